The second-order valence-electron chi connectivity index (χ2n) is 8.06. The maximum Gasteiger partial charge on any atom is 0.191 e. The molecule has 3 fully saturated rings. The number of hydrogen-bond donors (Lipinski definition) is 3. The van der Waals surface area contributed by atoms with Gasteiger partial charge in [0.25, 0.3) is 0 Å². The van der Waals surface area contributed by atoms with E-state index < -0.39 is 5.60 Å². The number of furan rings is 1. The van der Waals surface area contributed by atoms with Gasteiger partial charge in [-0.15, -0.1) is 0 Å². The SMILES string of the molecule is CN=C(NCC(C)(O)c1ccc(C)o1)NC1C2CCOC2C12CCC2. The monoisotopic (exact) mass is 347 g/mol. The Morgan fingerprint density at radius 1 is 1.44 bits per heavy atom. The van der Waals surface area contributed by atoms with Gasteiger partial charge in [0.1, 0.15) is 17.1 Å². The van der Waals surface area contributed by atoms with E-state index in [9.17, 15) is 5.11 Å². The molecule has 25 heavy (non-hydrogen) atoms. The Morgan fingerprint density at radius 3 is 2.84 bits per heavy atom. The first-order valence-corrected chi connectivity index (χ1v) is 9.34. The Kier molecular flexibility index (Phi) is 4.07. The van der Waals surface area contributed by atoms with Gasteiger partial charge in [0, 0.05) is 31.0 Å². The third-order valence-corrected chi connectivity index (χ3v) is 6.42. The number of nitrogens with zero attached hydrogens (tertiary/aromatic N) is 1. The normalized spacial score (nSPS) is 32.5. The molecule has 4 atom stereocenters. The summed E-state index contributed by atoms with van der Waals surface area (Å²) in [6, 6.07) is 4.12. The summed E-state index contributed by atoms with van der Waals surface area (Å²) in [6.07, 6.45) is 5.35. The smallest absolute Gasteiger partial charge is 0.191 e. The van der Waals surface area contributed by atoms with Gasteiger partial charge < -0.3 is 24.9 Å². The molecule has 2 aliphatic carbocycles. The molecule has 4 unspecified atom stereocenters. The van der Waals surface area contributed by atoms with Gasteiger partial charge in [-0.25, -0.2) is 0 Å². The van der Waals surface area contributed by atoms with Crippen molar-refractivity contribution in [2.24, 2.45) is 16.3 Å². The molecule has 138 valence electrons. The molecule has 2 heterocycles. The number of aliphatic imine (C=N–C) groups is 1. The van der Waals surface area contributed by atoms with Crippen molar-refractivity contribution in [1.29, 1.82) is 0 Å². The Bertz CT molecular complexity index is 663. The minimum atomic E-state index is -1.08. The predicted octanol–water partition coefficient (Wildman–Crippen LogP) is 1.92. The van der Waals surface area contributed by atoms with Gasteiger partial charge in [0.05, 0.1) is 12.6 Å². The number of nitrogens with one attached hydrogen (secondary N) is 2. The van der Waals surface area contributed by atoms with Crippen molar-refractivity contribution in [2.75, 3.05) is 20.2 Å². The fraction of sp³-hybridized carbons (Fsp3) is 0.737. The number of aryl methyl sites for hydroxylation is 1. The third-order valence-electron chi connectivity index (χ3n) is 6.42. The van der Waals surface area contributed by atoms with Crippen LogP contribution in [0.3, 0.4) is 0 Å². The number of guanidine groups is 1. The molecule has 3 aliphatic rings. The highest BCUT2D eigenvalue weighted by Gasteiger charge is 2.66. The van der Waals surface area contributed by atoms with E-state index in [0.29, 0.717) is 35.8 Å². The number of fused-ring (bicyclic) bond motifs is 2. The Morgan fingerprint density at radius 2 is 2.24 bits per heavy atom. The van der Waals surface area contributed by atoms with Gasteiger partial charge in [-0.2, -0.15) is 0 Å². The van der Waals surface area contributed by atoms with Crippen molar-refractivity contribution in [3.05, 3.63) is 23.7 Å². The fourth-order valence-electron chi connectivity index (χ4n) is 4.86. The molecule has 4 rings (SSSR count). The summed E-state index contributed by atoms with van der Waals surface area (Å²) in [6.45, 7) is 4.85. The van der Waals surface area contributed by atoms with Gasteiger partial charge in [0.2, 0.25) is 0 Å². The zero-order valence-electron chi connectivity index (χ0n) is 15.3. The highest BCUT2D eigenvalue weighted by Crippen LogP contribution is 2.62. The van der Waals surface area contributed by atoms with Crippen LogP contribution in [0.5, 0.6) is 0 Å². The molecule has 6 heteroatoms. The molecule has 1 saturated heterocycles. The van der Waals surface area contributed by atoms with Crippen LogP contribution in [0.2, 0.25) is 0 Å². The fourth-order valence-corrected chi connectivity index (χ4v) is 4.86. The average molecular weight is 347 g/mol. The first-order chi connectivity index (χ1) is 12.0. The lowest BCUT2D eigenvalue weighted by atomic mass is 9.46. The van der Waals surface area contributed by atoms with E-state index in [2.05, 4.69) is 15.6 Å². The van der Waals surface area contributed by atoms with Gasteiger partial charge in [-0.05, 0) is 45.2 Å². The van der Waals surface area contributed by atoms with Gasteiger partial charge in [0.15, 0.2) is 5.96 Å². The summed E-state index contributed by atoms with van der Waals surface area (Å²) in [5.74, 6) is 2.69. The maximum absolute atomic E-state index is 10.7. The number of ether oxygens (including phenoxy) is 1. The highest BCUT2D eigenvalue weighted by molar-refractivity contribution is 5.80. The lowest BCUT2D eigenvalue weighted by Gasteiger charge is -2.63. The van der Waals surface area contributed by atoms with E-state index in [1.54, 1.807) is 14.0 Å². The van der Waals surface area contributed by atoms with Gasteiger partial charge in [-0.1, -0.05) is 6.42 Å². The van der Waals surface area contributed by atoms with Crippen LogP contribution in [-0.4, -0.2) is 43.4 Å². The maximum atomic E-state index is 10.7. The minimum Gasteiger partial charge on any atom is -0.463 e. The number of hydrogen-bond acceptors (Lipinski definition) is 4. The quantitative estimate of drug-likeness (QED) is 0.573. The molecular formula is C19H29N3O3. The van der Waals surface area contributed by atoms with E-state index in [-0.39, 0.29) is 0 Å². The zero-order chi connectivity index (χ0) is 17.7. The summed E-state index contributed by atoms with van der Waals surface area (Å²) in [7, 11) is 1.77. The van der Waals surface area contributed by atoms with E-state index in [1.807, 2.05) is 19.1 Å². The van der Waals surface area contributed by atoms with E-state index >= 15 is 0 Å². The molecule has 0 bridgehead atoms. The van der Waals surface area contributed by atoms with Crippen molar-refractivity contribution in [3.8, 4) is 0 Å². The number of aliphatic hydroxyl groups is 1. The van der Waals surface area contributed by atoms with Crippen LogP contribution in [0, 0.1) is 18.3 Å². The van der Waals surface area contributed by atoms with Gasteiger partial charge in [-0.3, -0.25) is 4.99 Å². The summed E-state index contributed by atoms with van der Waals surface area (Å²) in [4.78, 5) is 4.36. The van der Waals surface area contributed by atoms with Crippen molar-refractivity contribution < 1.29 is 14.3 Å². The Labute approximate surface area is 149 Å². The molecular weight excluding hydrogens is 318 g/mol. The van der Waals surface area contributed by atoms with E-state index in [1.165, 1.54) is 19.3 Å². The second-order valence-corrected chi connectivity index (χ2v) is 8.06. The predicted molar refractivity (Wildman–Crippen MR) is 95.4 cm³/mol. The third kappa shape index (κ3) is 2.66. The Hall–Kier alpha value is -1.53. The van der Waals surface area contributed by atoms with Crippen LogP contribution in [0.1, 0.15) is 44.1 Å². The average Bonchev–Trinajstić information content (AvgIpc) is 3.14. The molecule has 1 aromatic rings. The summed E-state index contributed by atoms with van der Waals surface area (Å²) < 4.78 is 11.6. The molecule has 1 aliphatic heterocycles. The van der Waals surface area contributed by atoms with Crippen molar-refractivity contribution in [3.63, 3.8) is 0 Å². The lowest BCUT2D eigenvalue weighted by molar-refractivity contribution is -0.171. The standard InChI is InChI=1S/C19H29N3O3/c1-12-5-6-14(25-12)18(2,23)11-21-17(20-3)22-15-13-7-10-24-16(13)19(15)8-4-9-19/h5-6,13,15-16,23H,4,7-11H2,1-3H3,(H2,20,21,22). The summed E-state index contributed by atoms with van der Waals surface area (Å²) >= 11 is 0. The molecule has 1 aromatic heterocycles. The van der Waals surface area contributed by atoms with Crippen molar-refractivity contribution in [1.82, 2.24) is 10.6 Å². The topological polar surface area (TPSA) is 79.0 Å². The molecule has 0 radical (unpaired) electrons. The molecule has 0 aromatic carbocycles. The molecule has 0 amide bonds. The summed E-state index contributed by atoms with van der Waals surface area (Å²) in [5.41, 5.74) is -0.780. The molecule has 2 saturated carbocycles. The molecule has 6 nitrogen and oxygen atoms in total. The van der Waals surface area contributed by atoms with Crippen LogP contribution in [0.4, 0.5) is 0 Å². The Balaban J connectivity index is 1.38. The van der Waals surface area contributed by atoms with Crippen LogP contribution < -0.4 is 10.6 Å². The molecule has 1 spiro atoms. The second kappa shape index (κ2) is 6.02. The van der Waals surface area contributed by atoms with Crippen LogP contribution >= 0.6 is 0 Å². The summed E-state index contributed by atoms with van der Waals surface area (Å²) in [5, 5.41) is 17.6. The highest BCUT2D eigenvalue weighted by atomic mass is 16.5. The van der Waals surface area contributed by atoms with Crippen LogP contribution in [-0.2, 0) is 10.3 Å². The largest absolute Gasteiger partial charge is 0.463 e. The van der Waals surface area contributed by atoms with Crippen molar-refractivity contribution >= 4 is 5.96 Å². The van der Waals surface area contributed by atoms with Gasteiger partial charge >= 0.3 is 0 Å². The molecule has 3 N–H and O–H groups in total. The van der Waals surface area contributed by atoms with Crippen molar-refractivity contribution in [2.45, 2.75) is 57.3 Å². The number of rotatable bonds is 4. The van der Waals surface area contributed by atoms with E-state index in [4.69, 9.17) is 9.15 Å². The van der Waals surface area contributed by atoms with Crippen LogP contribution in [0.15, 0.2) is 21.5 Å². The first kappa shape index (κ1) is 16.9. The van der Waals surface area contributed by atoms with E-state index in [0.717, 1.165) is 24.7 Å². The zero-order valence-corrected chi connectivity index (χ0v) is 15.3. The lowest BCUT2D eigenvalue weighted by Crippen LogP contribution is -2.72. The minimum absolute atomic E-state index is 0.305. The first-order valence-electron chi connectivity index (χ1n) is 9.34. The van der Waals surface area contributed by atoms with Crippen LogP contribution in [0.25, 0.3) is 0 Å².